The molecule has 32 heavy (non-hydrogen) atoms. The fourth-order valence-corrected chi connectivity index (χ4v) is 4.55. The van der Waals surface area contributed by atoms with Crippen molar-refractivity contribution < 1.29 is 9.18 Å². The normalized spacial score (nSPS) is 16.0. The Labute approximate surface area is 186 Å². The van der Waals surface area contributed by atoms with Crippen LogP contribution in [0.5, 0.6) is 0 Å². The van der Waals surface area contributed by atoms with Crippen molar-refractivity contribution in [3.8, 4) is 0 Å². The average molecular weight is 433 g/mol. The van der Waals surface area contributed by atoms with Crippen molar-refractivity contribution in [3.63, 3.8) is 0 Å². The summed E-state index contributed by atoms with van der Waals surface area (Å²) in [7, 11) is 0. The summed E-state index contributed by atoms with van der Waals surface area (Å²) in [6.45, 7) is 2.22. The van der Waals surface area contributed by atoms with E-state index in [2.05, 4.69) is 20.2 Å². The van der Waals surface area contributed by atoms with Gasteiger partial charge < -0.3 is 9.80 Å². The lowest BCUT2D eigenvalue weighted by molar-refractivity contribution is 0.0741. The summed E-state index contributed by atoms with van der Waals surface area (Å²) in [5.74, 6) is -0.118. The van der Waals surface area contributed by atoms with Crippen LogP contribution < -0.4 is 4.90 Å². The van der Waals surface area contributed by atoms with E-state index in [-0.39, 0.29) is 11.5 Å². The van der Waals surface area contributed by atoms with Crippen molar-refractivity contribution >= 4 is 11.9 Å². The van der Waals surface area contributed by atoms with Crippen LogP contribution in [-0.2, 0) is 19.3 Å². The molecule has 1 fully saturated rings. The van der Waals surface area contributed by atoms with Crippen LogP contribution in [0.15, 0.2) is 42.9 Å². The summed E-state index contributed by atoms with van der Waals surface area (Å²) in [4.78, 5) is 25.4. The molecule has 3 aromatic rings. The molecule has 1 amide bonds. The largest absolute Gasteiger partial charge is 0.337 e. The predicted molar refractivity (Wildman–Crippen MR) is 118 cm³/mol. The highest BCUT2D eigenvalue weighted by atomic mass is 19.1. The number of carbonyl (C=O) groups is 1. The molecule has 0 bridgehead atoms. The van der Waals surface area contributed by atoms with Crippen LogP contribution in [0, 0.1) is 5.82 Å². The molecule has 0 atom stereocenters. The SMILES string of the molecule is O=C(c1cc(Cc2nncc3c2CCCC3)ccc1F)N1CCN(c2ncccn2)CC1. The van der Waals surface area contributed by atoms with Gasteiger partial charge in [-0.1, -0.05) is 6.07 Å². The van der Waals surface area contributed by atoms with Crippen LogP contribution in [0.2, 0.25) is 0 Å². The molecule has 1 saturated heterocycles. The minimum absolute atomic E-state index is 0.115. The minimum Gasteiger partial charge on any atom is -0.337 e. The van der Waals surface area contributed by atoms with E-state index in [1.807, 2.05) is 11.1 Å². The minimum atomic E-state index is -0.492. The number of carbonyl (C=O) groups excluding carboxylic acids is 1. The highest BCUT2D eigenvalue weighted by Crippen LogP contribution is 2.25. The van der Waals surface area contributed by atoms with Gasteiger partial charge in [0.2, 0.25) is 5.95 Å². The quantitative estimate of drug-likeness (QED) is 0.631. The van der Waals surface area contributed by atoms with Gasteiger partial charge in [-0.25, -0.2) is 14.4 Å². The number of aryl methyl sites for hydroxylation is 1. The van der Waals surface area contributed by atoms with Gasteiger partial charge in [-0.3, -0.25) is 4.79 Å². The summed E-state index contributed by atoms with van der Waals surface area (Å²) < 4.78 is 14.6. The van der Waals surface area contributed by atoms with Gasteiger partial charge in [0.1, 0.15) is 5.82 Å². The van der Waals surface area contributed by atoms with Gasteiger partial charge >= 0.3 is 0 Å². The molecule has 0 unspecified atom stereocenters. The first-order valence-corrected chi connectivity index (χ1v) is 11.1. The maximum atomic E-state index is 14.6. The lowest BCUT2D eigenvalue weighted by Crippen LogP contribution is -2.49. The van der Waals surface area contributed by atoms with Crippen molar-refractivity contribution in [2.24, 2.45) is 0 Å². The Morgan fingerprint density at radius 1 is 1.03 bits per heavy atom. The molecule has 2 aliphatic rings. The molecule has 1 aromatic carbocycles. The number of benzene rings is 1. The average Bonchev–Trinajstić information content (AvgIpc) is 2.86. The second-order valence-electron chi connectivity index (χ2n) is 8.32. The summed E-state index contributed by atoms with van der Waals surface area (Å²) in [6.07, 6.45) is 10.2. The topological polar surface area (TPSA) is 75.1 Å². The predicted octanol–water partition coefficient (Wildman–Crippen LogP) is 2.84. The summed E-state index contributed by atoms with van der Waals surface area (Å²) in [6, 6.07) is 6.57. The third-order valence-corrected chi connectivity index (χ3v) is 6.29. The number of halogens is 1. The van der Waals surface area contributed by atoms with Crippen molar-refractivity contribution in [2.45, 2.75) is 32.1 Å². The molecule has 1 aliphatic carbocycles. The second kappa shape index (κ2) is 8.98. The zero-order valence-corrected chi connectivity index (χ0v) is 17.9. The Kier molecular flexibility index (Phi) is 5.75. The van der Waals surface area contributed by atoms with E-state index < -0.39 is 5.82 Å². The van der Waals surface area contributed by atoms with E-state index in [0.717, 1.165) is 30.5 Å². The van der Waals surface area contributed by atoms with E-state index in [9.17, 15) is 9.18 Å². The summed E-state index contributed by atoms with van der Waals surface area (Å²) in [5.41, 5.74) is 4.45. The molecule has 0 N–H and O–H groups in total. The van der Waals surface area contributed by atoms with Crippen molar-refractivity contribution in [1.29, 1.82) is 0 Å². The molecule has 164 valence electrons. The first kappa shape index (κ1) is 20.5. The molecule has 0 radical (unpaired) electrons. The molecule has 7 nitrogen and oxygen atoms in total. The van der Waals surface area contributed by atoms with E-state index in [0.29, 0.717) is 38.5 Å². The van der Waals surface area contributed by atoms with Crippen LogP contribution >= 0.6 is 0 Å². The van der Waals surface area contributed by atoms with Crippen molar-refractivity contribution in [2.75, 3.05) is 31.1 Å². The maximum absolute atomic E-state index is 14.6. The first-order valence-electron chi connectivity index (χ1n) is 11.1. The molecule has 8 heteroatoms. The zero-order valence-electron chi connectivity index (χ0n) is 17.9. The number of rotatable bonds is 4. The number of piperazine rings is 1. The molecule has 0 saturated carbocycles. The van der Waals surface area contributed by atoms with Gasteiger partial charge in [0, 0.05) is 45.0 Å². The molecule has 5 rings (SSSR count). The molecule has 3 heterocycles. The second-order valence-corrected chi connectivity index (χ2v) is 8.32. The number of fused-ring (bicyclic) bond motifs is 1. The Balaban J connectivity index is 1.31. The van der Waals surface area contributed by atoms with Crippen LogP contribution in [0.25, 0.3) is 0 Å². The Morgan fingerprint density at radius 2 is 1.81 bits per heavy atom. The summed E-state index contributed by atoms with van der Waals surface area (Å²) in [5, 5.41) is 8.52. The number of nitrogens with zero attached hydrogens (tertiary/aromatic N) is 6. The van der Waals surface area contributed by atoms with E-state index in [1.165, 1.54) is 23.6 Å². The molecule has 1 aliphatic heterocycles. The number of amides is 1. The van der Waals surface area contributed by atoms with Crippen LogP contribution in [0.4, 0.5) is 10.3 Å². The lowest BCUT2D eigenvalue weighted by atomic mass is 9.90. The zero-order chi connectivity index (χ0) is 21.9. The van der Waals surface area contributed by atoms with Gasteiger partial charge in [-0.2, -0.15) is 10.2 Å². The van der Waals surface area contributed by atoms with Gasteiger partial charge in [-0.15, -0.1) is 0 Å². The monoisotopic (exact) mass is 432 g/mol. The third-order valence-electron chi connectivity index (χ3n) is 6.29. The number of hydrogen-bond acceptors (Lipinski definition) is 6. The molecule has 0 spiro atoms. The number of anilines is 1. The highest BCUT2D eigenvalue weighted by Gasteiger charge is 2.25. The van der Waals surface area contributed by atoms with Gasteiger partial charge in [0.25, 0.3) is 5.91 Å². The standard InChI is InChI=1S/C24H25FN6O/c25-21-7-6-17(15-22-19-5-2-1-4-18(19)16-28-29-22)14-20(21)23(32)30-10-12-31(13-11-30)24-26-8-3-9-27-24/h3,6-9,14,16H,1-2,4-5,10-13,15H2. The third kappa shape index (κ3) is 4.17. The van der Waals surface area contributed by atoms with Gasteiger partial charge in [-0.05, 0) is 60.6 Å². The van der Waals surface area contributed by atoms with Gasteiger partial charge in [0.05, 0.1) is 17.5 Å². The van der Waals surface area contributed by atoms with Gasteiger partial charge in [0.15, 0.2) is 0 Å². The fraction of sp³-hybridized carbons (Fsp3) is 0.375. The molecule has 2 aromatic heterocycles. The lowest BCUT2D eigenvalue weighted by Gasteiger charge is -2.34. The molecular formula is C24H25FN6O. The van der Waals surface area contributed by atoms with Crippen LogP contribution in [0.1, 0.15) is 45.6 Å². The van der Waals surface area contributed by atoms with Crippen molar-refractivity contribution in [1.82, 2.24) is 25.1 Å². The Bertz CT molecular complexity index is 1110. The summed E-state index contributed by atoms with van der Waals surface area (Å²) >= 11 is 0. The Hall–Kier alpha value is -3.42. The number of aromatic nitrogens is 4. The highest BCUT2D eigenvalue weighted by molar-refractivity contribution is 5.94. The smallest absolute Gasteiger partial charge is 0.256 e. The van der Waals surface area contributed by atoms with E-state index in [4.69, 9.17) is 0 Å². The first-order chi connectivity index (χ1) is 15.7. The van der Waals surface area contributed by atoms with E-state index >= 15 is 0 Å². The fourth-order valence-electron chi connectivity index (χ4n) is 4.55. The van der Waals surface area contributed by atoms with Crippen molar-refractivity contribution in [3.05, 3.63) is 76.6 Å². The molecular weight excluding hydrogens is 407 g/mol. The van der Waals surface area contributed by atoms with Crippen LogP contribution in [0.3, 0.4) is 0 Å². The Morgan fingerprint density at radius 3 is 2.62 bits per heavy atom. The number of hydrogen-bond donors (Lipinski definition) is 0. The maximum Gasteiger partial charge on any atom is 0.256 e. The van der Waals surface area contributed by atoms with E-state index in [1.54, 1.807) is 35.5 Å². The van der Waals surface area contributed by atoms with Crippen LogP contribution in [-0.4, -0.2) is 57.2 Å².